The molecule has 0 saturated carbocycles. The molecule has 134 valence electrons. The summed E-state index contributed by atoms with van der Waals surface area (Å²) in [6.07, 6.45) is 1.37. The lowest BCUT2D eigenvalue weighted by molar-refractivity contribution is 0.0851. The molecule has 0 aromatic heterocycles. The molecule has 2 aromatic rings. The Labute approximate surface area is 150 Å². The minimum absolute atomic E-state index is 0.104. The minimum atomic E-state index is -0.611. The van der Waals surface area contributed by atoms with Gasteiger partial charge >= 0.3 is 0 Å². The van der Waals surface area contributed by atoms with Gasteiger partial charge in [-0.1, -0.05) is 37.3 Å². The van der Waals surface area contributed by atoms with Crippen molar-refractivity contribution in [3.05, 3.63) is 65.7 Å². The van der Waals surface area contributed by atoms with E-state index in [0.29, 0.717) is 24.9 Å². The minimum Gasteiger partial charge on any atom is -0.395 e. The van der Waals surface area contributed by atoms with Crippen molar-refractivity contribution in [2.24, 2.45) is 0 Å². The quantitative estimate of drug-likeness (QED) is 0.689. The third-order valence-electron chi connectivity index (χ3n) is 4.87. The fourth-order valence-corrected chi connectivity index (χ4v) is 3.11. The predicted octanol–water partition coefficient (Wildman–Crippen LogP) is 2.91. The first-order valence-corrected chi connectivity index (χ1v) is 8.76. The first-order chi connectivity index (χ1) is 12.1. The summed E-state index contributed by atoms with van der Waals surface area (Å²) in [5.41, 5.74) is 2.22. The topological polar surface area (TPSA) is 52.6 Å². The number of hydrogen-bond acceptors (Lipinski definition) is 4. The maximum Gasteiger partial charge on any atom is 0.183 e. The fraction of sp³-hybridized carbons (Fsp3) is 0.381. The maximum absolute atomic E-state index is 13.2. The molecular weight excluding hydrogens is 312 g/mol. The monoisotopic (exact) mass is 340 g/mol. The van der Waals surface area contributed by atoms with Crippen LogP contribution in [0.4, 0.5) is 5.69 Å². The average Bonchev–Trinajstić information content (AvgIpc) is 2.67. The van der Waals surface area contributed by atoms with Crippen LogP contribution in [0.2, 0.25) is 0 Å². The molecule has 1 atom stereocenters. The van der Waals surface area contributed by atoms with Crippen LogP contribution in [0.25, 0.3) is 0 Å². The van der Waals surface area contributed by atoms with Gasteiger partial charge < -0.3 is 15.3 Å². The van der Waals surface area contributed by atoms with E-state index in [1.807, 2.05) is 68.4 Å². The van der Waals surface area contributed by atoms with Crippen LogP contribution >= 0.6 is 0 Å². The van der Waals surface area contributed by atoms with Crippen molar-refractivity contribution >= 4 is 11.5 Å². The summed E-state index contributed by atoms with van der Waals surface area (Å²) in [4.78, 5) is 15.2. The number of carbonyl (C=O) groups is 1. The second kappa shape index (κ2) is 8.79. The SMILES string of the molecule is CCC(Cc1ccccc1)(NC)C(=O)c1ccc(N(C)CCO)cc1. The van der Waals surface area contributed by atoms with Crippen LogP contribution in [0, 0.1) is 0 Å². The van der Waals surface area contributed by atoms with Gasteiger partial charge in [-0.05, 0) is 49.7 Å². The molecule has 2 rings (SSSR count). The Morgan fingerprint density at radius 1 is 1.12 bits per heavy atom. The predicted molar refractivity (Wildman–Crippen MR) is 103 cm³/mol. The van der Waals surface area contributed by atoms with Gasteiger partial charge in [0.15, 0.2) is 5.78 Å². The van der Waals surface area contributed by atoms with E-state index in [0.717, 1.165) is 11.3 Å². The molecule has 0 aliphatic heterocycles. The van der Waals surface area contributed by atoms with Crippen molar-refractivity contribution in [2.45, 2.75) is 25.3 Å². The normalized spacial score (nSPS) is 13.3. The van der Waals surface area contributed by atoms with E-state index in [9.17, 15) is 4.79 Å². The Balaban J connectivity index is 2.25. The number of nitrogens with one attached hydrogen (secondary N) is 1. The van der Waals surface area contributed by atoms with Crippen LogP contribution in [0.15, 0.2) is 54.6 Å². The van der Waals surface area contributed by atoms with Crippen LogP contribution < -0.4 is 10.2 Å². The Bertz CT molecular complexity index is 664. The number of aliphatic hydroxyl groups excluding tert-OH is 1. The van der Waals surface area contributed by atoms with E-state index in [2.05, 4.69) is 17.4 Å². The van der Waals surface area contributed by atoms with Gasteiger partial charge in [0.2, 0.25) is 0 Å². The lowest BCUT2D eigenvalue weighted by Crippen LogP contribution is -2.51. The highest BCUT2D eigenvalue weighted by molar-refractivity contribution is 6.03. The summed E-state index contributed by atoms with van der Waals surface area (Å²) in [5, 5.41) is 12.3. The van der Waals surface area contributed by atoms with Crippen LogP contribution in [0.3, 0.4) is 0 Å². The third-order valence-corrected chi connectivity index (χ3v) is 4.87. The van der Waals surface area contributed by atoms with Gasteiger partial charge in [-0.25, -0.2) is 0 Å². The van der Waals surface area contributed by atoms with Crippen molar-refractivity contribution in [3.8, 4) is 0 Å². The summed E-state index contributed by atoms with van der Waals surface area (Å²) in [6, 6.07) is 17.7. The first-order valence-electron chi connectivity index (χ1n) is 8.76. The zero-order valence-electron chi connectivity index (χ0n) is 15.3. The third kappa shape index (κ3) is 4.47. The largest absolute Gasteiger partial charge is 0.395 e. The van der Waals surface area contributed by atoms with Crippen molar-refractivity contribution in [1.29, 1.82) is 0 Å². The molecule has 4 nitrogen and oxygen atoms in total. The Morgan fingerprint density at radius 2 is 1.76 bits per heavy atom. The maximum atomic E-state index is 13.2. The van der Waals surface area contributed by atoms with Crippen LogP contribution in [-0.2, 0) is 6.42 Å². The lowest BCUT2D eigenvalue weighted by atomic mass is 9.81. The van der Waals surface area contributed by atoms with Crippen molar-refractivity contribution < 1.29 is 9.90 Å². The van der Waals surface area contributed by atoms with E-state index in [4.69, 9.17) is 5.11 Å². The second-order valence-corrected chi connectivity index (χ2v) is 6.37. The average molecular weight is 340 g/mol. The van der Waals surface area contributed by atoms with Crippen LogP contribution in [-0.4, -0.2) is 43.7 Å². The highest BCUT2D eigenvalue weighted by Gasteiger charge is 2.35. The number of benzene rings is 2. The van der Waals surface area contributed by atoms with Gasteiger partial charge in [-0.15, -0.1) is 0 Å². The molecule has 0 aliphatic carbocycles. The van der Waals surface area contributed by atoms with Crippen molar-refractivity contribution in [3.63, 3.8) is 0 Å². The van der Waals surface area contributed by atoms with Gasteiger partial charge in [0.1, 0.15) is 0 Å². The molecule has 0 radical (unpaired) electrons. The van der Waals surface area contributed by atoms with Crippen molar-refractivity contribution in [2.75, 3.05) is 32.1 Å². The fourth-order valence-electron chi connectivity index (χ4n) is 3.11. The summed E-state index contributed by atoms with van der Waals surface area (Å²) in [6.45, 7) is 2.71. The molecule has 2 aromatic carbocycles. The van der Waals surface area contributed by atoms with E-state index >= 15 is 0 Å². The number of likely N-dealkylation sites (N-methyl/N-ethyl adjacent to an activating group) is 2. The summed E-state index contributed by atoms with van der Waals surface area (Å²) >= 11 is 0. The number of nitrogens with zero attached hydrogens (tertiary/aromatic N) is 1. The number of anilines is 1. The highest BCUT2D eigenvalue weighted by Crippen LogP contribution is 2.24. The number of ketones is 1. The van der Waals surface area contributed by atoms with Gasteiger partial charge in [0.05, 0.1) is 12.1 Å². The van der Waals surface area contributed by atoms with E-state index in [-0.39, 0.29) is 12.4 Å². The molecular formula is C21H28N2O2. The molecule has 0 fully saturated rings. The van der Waals surface area contributed by atoms with Gasteiger partial charge in [0, 0.05) is 24.8 Å². The number of Topliss-reactive ketones (excluding diaryl/α,β-unsaturated/α-hetero) is 1. The zero-order valence-corrected chi connectivity index (χ0v) is 15.3. The summed E-state index contributed by atoms with van der Waals surface area (Å²) in [5.74, 6) is 0.109. The first kappa shape index (κ1) is 19.2. The zero-order chi connectivity index (χ0) is 18.3. The molecule has 4 heteroatoms. The van der Waals surface area contributed by atoms with Crippen LogP contribution in [0.5, 0.6) is 0 Å². The molecule has 1 unspecified atom stereocenters. The number of rotatable bonds is 9. The molecule has 25 heavy (non-hydrogen) atoms. The summed E-state index contributed by atoms with van der Waals surface area (Å²) in [7, 11) is 3.78. The number of carbonyl (C=O) groups excluding carboxylic acids is 1. The molecule has 0 amide bonds. The number of aliphatic hydroxyl groups is 1. The smallest absolute Gasteiger partial charge is 0.183 e. The van der Waals surface area contributed by atoms with Gasteiger partial charge in [0.25, 0.3) is 0 Å². The molecule has 0 spiro atoms. The van der Waals surface area contributed by atoms with Gasteiger partial charge in [-0.3, -0.25) is 4.79 Å². The van der Waals surface area contributed by atoms with E-state index < -0.39 is 5.54 Å². The molecule has 0 bridgehead atoms. The Morgan fingerprint density at radius 3 is 2.28 bits per heavy atom. The standard InChI is InChI=1S/C21H28N2O2/c1-4-21(22-2,16-17-8-6-5-7-9-17)20(25)18-10-12-19(13-11-18)23(3)14-15-24/h5-13,22,24H,4,14-16H2,1-3H3. The van der Waals surface area contributed by atoms with E-state index in [1.165, 1.54) is 0 Å². The Kier molecular flexibility index (Phi) is 6.73. The molecule has 0 heterocycles. The van der Waals surface area contributed by atoms with Crippen molar-refractivity contribution in [1.82, 2.24) is 5.32 Å². The number of hydrogen-bond donors (Lipinski definition) is 2. The molecule has 0 aliphatic rings. The molecule has 2 N–H and O–H groups in total. The second-order valence-electron chi connectivity index (χ2n) is 6.37. The lowest BCUT2D eigenvalue weighted by Gasteiger charge is -2.31. The van der Waals surface area contributed by atoms with Crippen LogP contribution in [0.1, 0.15) is 29.3 Å². The highest BCUT2D eigenvalue weighted by atomic mass is 16.3. The van der Waals surface area contributed by atoms with Gasteiger partial charge in [-0.2, -0.15) is 0 Å². The van der Waals surface area contributed by atoms with E-state index in [1.54, 1.807) is 0 Å². The summed E-state index contributed by atoms with van der Waals surface area (Å²) < 4.78 is 0. The Hall–Kier alpha value is -2.17. The molecule has 0 saturated heterocycles.